The van der Waals surface area contributed by atoms with Crippen LogP contribution in [0.1, 0.15) is 26.7 Å². The van der Waals surface area contributed by atoms with Crippen molar-refractivity contribution in [2.75, 3.05) is 12.3 Å². The molecule has 0 aromatic carbocycles. The van der Waals surface area contributed by atoms with Gasteiger partial charge in [-0.3, -0.25) is 0 Å². The number of nitrogens with two attached hydrogens (primary N) is 1. The van der Waals surface area contributed by atoms with Gasteiger partial charge in [-0.05, 0) is 32.8 Å². The third kappa shape index (κ3) is 5.22. The van der Waals surface area contributed by atoms with E-state index in [0.717, 1.165) is 12.2 Å². The first-order valence-corrected chi connectivity index (χ1v) is 5.04. The van der Waals surface area contributed by atoms with E-state index in [2.05, 4.69) is 4.98 Å². The molecular formula is C11H18N2O2. The van der Waals surface area contributed by atoms with Gasteiger partial charge < -0.3 is 15.6 Å². The van der Waals surface area contributed by atoms with Crippen molar-refractivity contribution in [2.24, 2.45) is 0 Å². The number of ether oxygens (including phenoxy) is 1. The Hall–Kier alpha value is -1.29. The molecule has 0 bridgehead atoms. The van der Waals surface area contributed by atoms with Gasteiger partial charge in [-0.15, -0.1) is 0 Å². The molecule has 0 aliphatic carbocycles. The van der Waals surface area contributed by atoms with E-state index in [4.69, 9.17) is 10.5 Å². The van der Waals surface area contributed by atoms with Crippen molar-refractivity contribution in [1.29, 1.82) is 0 Å². The lowest BCUT2D eigenvalue weighted by atomic mass is 10.0. The highest BCUT2D eigenvalue weighted by Gasteiger charge is 2.11. The summed E-state index contributed by atoms with van der Waals surface area (Å²) < 4.78 is 5.45. The van der Waals surface area contributed by atoms with Crippen LogP contribution in [0.4, 0.5) is 5.82 Å². The van der Waals surface area contributed by atoms with Crippen LogP contribution in [0.5, 0.6) is 5.75 Å². The molecule has 4 nitrogen and oxygen atoms in total. The molecule has 0 saturated carbocycles. The number of pyridine rings is 1. The van der Waals surface area contributed by atoms with Gasteiger partial charge in [0.2, 0.25) is 0 Å². The van der Waals surface area contributed by atoms with E-state index >= 15 is 0 Å². The zero-order valence-electron chi connectivity index (χ0n) is 9.23. The minimum absolute atomic E-state index is 0.454. The Morgan fingerprint density at radius 3 is 2.87 bits per heavy atom. The lowest BCUT2D eigenvalue weighted by Crippen LogP contribution is -2.19. The molecule has 1 rings (SSSR count). The summed E-state index contributed by atoms with van der Waals surface area (Å²) in [4.78, 5) is 3.87. The topological polar surface area (TPSA) is 68.4 Å². The van der Waals surface area contributed by atoms with Gasteiger partial charge >= 0.3 is 0 Å². The van der Waals surface area contributed by atoms with Gasteiger partial charge in [0.1, 0.15) is 11.6 Å². The average Bonchev–Trinajstić information content (AvgIpc) is 2.11. The third-order valence-electron chi connectivity index (χ3n) is 1.95. The summed E-state index contributed by atoms with van der Waals surface area (Å²) in [5, 5.41) is 9.47. The normalized spacial score (nSPS) is 11.4. The number of nitrogen functional groups attached to an aromatic ring is 1. The number of aromatic nitrogens is 1. The second-order valence-electron chi connectivity index (χ2n) is 4.18. The molecule has 0 radical (unpaired) electrons. The number of rotatable bonds is 5. The standard InChI is InChI=1S/C11H18N2O2/c1-11(2,14)5-3-7-15-9-4-6-13-10(12)8-9/h4,6,8,14H,3,5,7H2,1-2H3,(H2,12,13). The molecular weight excluding hydrogens is 192 g/mol. The highest BCUT2D eigenvalue weighted by Crippen LogP contribution is 2.14. The predicted octanol–water partition coefficient (Wildman–Crippen LogP) is 1.59. The number of nitrogens with zero attached hydrogens (tertiary/aromatic N) is 1. The van der Waals surface area contributed by atoms with E-state index in [-0.39, 0.29) is 0 Å². The molecule has 0 amide bonds. The zero-order valence-corrected chi connectivity index (χ0v) is 9.23. The lowest BCUT2D eigenvalue weighted by Gasteiger charge is -2.16. The van der Waals surface area contributed by atoms with Gasteiger partial charge in [0.15, 0.2) is 0 Å². The summed E-state index contributed by atoms with van der Waals surface area (Å²) in [5.41, 5.74) is 4.88. The minimum Gasteiger partial charge on any atom is -0.493 e. The number of hydrogen-bond donors (Lipinski definition) is 2. The van der Waals surface area contributed by atoms with Crippen LogP contribution in [0.15, 0.2) is 18.3 Å². The SMILES string of the molecule is CC(C)(O)CCCOc1ccnc(N)c1. The molecule has 1 aromatic heterocycles. The summed E-state index contributed by atoms with van der Waals surface area (Å²) in [6.45, 7) is 4.16. The largest absolute Gasteiger partial charge is 0.493 e. The van der Waals surface area contributed by atoms with Crippen LogP contribution in [0.25, 0.3) is 0 Å². The second-order valence-corrected chi connectivity index (χ2v) is 4.18. The molecule has 0 unspecified atom stereocenters. The Kier molecular flexibility index (Phi) is 3.91. The van der Waals surface area contributed by atoms with Gasteiger partial charge in [0.25, 0.3) is 0 Å². The predicted molar refractivity (Wildman–Crippen MR) is 59.7 cm³/mol. The maximum atomic E-state index is 9.47. The first-order chi connectivity index (χ1) is 6.97. The Morgan fingerprint density at radius 2 is 2.27 bits per heavy atom. The van der Waals surface area contributed by atoms with Gasteiger partial charge in [0.05, 0.1) is 12.2 Å². The smallest absolute Gasteiger partial charge is 0.126 e. The molecule has 0 aliphatic heterocycles. The second kappa shape index (κ2) is 4.98. The molecule has 3 N–H and O–H groups in total. The molecule has 0 saturated heterocycles. The molecule has 1 heterocycles. The lowest BCUT2D eigenvalue weighted by molar-refractivity contribution is 0.0641. The van der Waals surface area contributed by atoms with Crippen LogP contribution < -0.4 is 10.5 Å². The molecule has 0 atom stereocenters. The Balaban J connectivity index is 2.26. The fourth-order valence-electron chi connectivity index (χ4n) is 1.21. The van der Waals surface area contributed by atoms with Gasteiger partial charge in [-0.25, -0.2) is 4.98 Å². The van der Waals surface area contributed by atoms with Crippen molar-refractivity contribution in [3.8, 4) is 5.75 Å². The van der Waals surface area contributed by atoms with E-state index in [1.54, 1.807) is 32.2 Å². The number of aliphatic hydroxyl groups is 1. The summed E-state index contributed by atoms with van der Waals surface area (Å²) in [7, 11) is 0. The fourth-order valence-corrected chi connectivity index (χ4v) is 1.21. The van der Waals surface area contributed by atoms with Crippen LogP contribution in [0.2, 0.25) is 0 Å². The van der Waals surface area contributed by atoms with Crippen molar-refractivity contribution < 1.29 is 9.84 Å². The fraction of sp³-hybridized carbons (Fsp3) is 0.545. The highest BCUT2D eigenvalue weighted by atomic mass is 16.5. The molecule has 84 valence electrons. The monoisotopic (exact) mass is 210 g/mol. The van der Waals surface area contributed by atoms with Gasteiger partial charge in [-0.2, -0.15) is 0 Å². The Bertz CT molecular complexity index is 308. The van der Waals surface area contributed by atoms with E-state index in [1.807, 2.05) is 0 Å². The minimum atomic E-state index is -0.624. The Labute approximate surface area is 90.1 Å². The van der Waals surface area contributed by atoms with Crippen LogP contribution >= 0.6 is 0 Å². The molecule has 15 heavy (non-hydrogen) atoms. The van der Waals surface area contributed by atoms with E-state index < -0.39 is 5.60 Å². The molecule has 1 aromatic rings. The van der Waals surface area contributed by atoms with Crippen LogP contribution in [0.3, 0.4) is 0 Å². The zero-order chi connectivity index (χ0) is 11.3. The summed E-state index contributed by atoms with van der Waals surface area (Å²) >= 11 is 0. The van der Waals surface area contributed by atoms with E-state index in [1.165, 1.54) is 0 Å². The first kappa shape index (κ1) is 11.8. The summed E-state index contributed by atoms with van der Waals surface area (Å²) in [6.07, 6.45) is 3.14. The van der Waals surface area contributed by atoms with Crippen molar-refractivity contribution >= 4 is 5.82 Å². The number of anilines is 1. The van der Waals surface area contributed by atoms with Crippen LogP contribution in [-0.2, 0) is 0 Å². The van der Waals surface area contributed by atoms with Gasteiger partial charge in [0, 0.05) is 12.3 Å². The van der Waals surface area contributed by atoms with Gasteiger partial charge in [-0.1, -0.05) is 0 Å². The summed E-state index contributed by atoms with van der Waals surface area (Å²) in [6, 6.07) is 3.45. The van der Waals surface area contributed by atoms with Crippen LogP contribution in [0, 0.1) is 0 Å². The molecule has 0 aliphatic rings. The maximum absolute atomic E-state index is 9.47. The quantitative estimate of drug-likeness (QED) is 0.724. The third-order valence-corrected chi connectivity index (χ3v) is 1.95. The summed E-state index contributed by atoms with van der Waals surface area (Å²) in [5.74, 6) is 1.17. The average molecular weight is 210 g/mol. The van der Waals surface area contributed by atoms with E-state index in [9.17, 15) is 5.11 Å². The van der Waals surface area contributed by atoms with Crippen molar-refractivity contribution in [3.05, 3.63) is 18.3 Å². The van der Waals surface area contributed by atoms with Crippen molar-refractivity contribution in [1.82, 2.24) is 4.98 Å². The Morgan fingerprint density at radius 1 is 1.53 bits per heavy atom. The van der Waals surface area contributed by atoms with Crippen molar-refractivity contribution in [3.63, 3.8) is 0 Å². The molecule has 0 spiro atoms. The maximum Gasteiger partial charge on any atom is 0.126 e. The van der Waals surface area contributed by atoms with E-state index in [0.29, 0.717) is 18.8 Å². The highest BCUT2D eigenvalue weighted by molar-refractivity contribution is 5.35. The van der Waals surface area contributed by atoms with Crippen molar-refractivity contribution in [2.45, 2.75) is 32.3 Å². The van der Waals surface area contributed by atoms with Crippen LogP contribution in [-0.4, -0.2) is 22.3 Å². The number of hydrogen-bond acceptors (Lipinski definition) is 4. The first-order valence-electron chi connectivity index (χ1n) is 5.04. The molecule has 0 fully saturated rings. The molecule has 4 heteroatoms.